The molecule has 16 heavy (non-hydrogen) atoms. The number of hydrogen-bond acceptors (Lipinski definition) is 2. The molecule has 88 valence electrons. The van der Waals surface area contributed by atoms with Crippen LogP contribution in [0.1, 0.15) is 5.56 Å². The minimum absolute atomic E-state index is 0.0452. The van der Waals surface area contributed by atoms with Gasteiger partial charge in [0.05, 0.1) is 12.4 Å². The van der Waals surface area contributed by atoms with E-state index in [1.165, 1.54) is 18.1 Å². The Bertz CT molecular complexity index is 384. The second kappa shape index (κ2) is 5.84. The van der Waals surface area contributed by atoms with Gasteiger partial charge in [-0.15, -0.1) is 0 Å². The maximum absolute atomic E-state index is 13.3. The van der Waals surface area contributed by atoms with Crippen molar-refractivity contribution in [3.05, 3.63) is 29.6 Å². The number of methoxy groups -OCH3 is 1. The molecule has 0 aliphatic carbocycles. The molecular weight excluding hydrogens is 277 g/mol. The highest BCUT2D eigenvalue weighted by Gasteiger charge is 2.09. The van der Waals surface area contributed by atoms with Crippen molar-refractivity contribution in [2.45, 2.75) is 6.54 Å². The molecule has 0 saturated carbocycles. The van der Waals surface area contributed by atoms with E-state index in [0.717, 1.165) is 5.56 Å². The summed E-state index contributed by atoms with van der Waals surface area (Å²) in [4.78, 5) is 12.8. The van der Waals surface area contributed by atoms with Crippen LogP contribution in [0.4, 0.5) is 4.39 Å². The molecule has 1 rings (SSSR count). The zero-order valence-electron chi connectivity index (χ0n) is 9.17. The number of ether oxygens (including phenoxy) is 1. The number of alkyl halides is 1. The maximum Gasteiger partial charge on any atom is 0.233 e. The lowest BCUT2D eigenvalue weighted by Crippen LogP contribution is -2.26. The molecule has 0 atom stereocenters. The van der Waals surface area contributed by atoms with Gasteiger partial charge in [0.15, 0.2) is 11.6 Å². The van der Waals surface area contributed by atoms with E-state index >= 15 is 0 Å². The SMILES string of the molecule is COc1ccc(CN(C)C(=O)CBr)cc1F. The summed E-state index contributed by atoms with van der Waals surface area (Å²) in [5, 5.41) is 0.266. The maximum atomic E-state index is 13.3. The first-order valence-electron chi connectivity index (χ1n) is 4.70. The van der Waals surface area contributed by atoms with E-state index in [2.05, 4.69) is 15.9 Å². The van der Waals surface area contributed by atoms with Crippen molar-refractivity contribution >= 4 is 21.8 Å². The first-order valence-corrected chi connectivity index (χ1v) is 5.83. The Morgan fingerprint density at radius 3 is 2.75 bits per heavy atom. The van der Waals surface area contributed by atoms with Crippen LogP contribution in [0.15, 0.2) is 18.2 Å². The summed E-state index contributed by atoms with van der Waals surface area (Å²) in [5.74, 6) is -0.255. The first-order chi connectivity index (χ1) is 7.58. The highest BCUT2D eigenvalue weighted by Crippen LogP contribution is 2.18. The van der Waals surface area contributed by atoms with Crippen LogP contribution < -0.4 is 4.74 Å². The predicted octanol–water partition coefficient (Wildman–Crippen LogP) is 2.19. The lowest BCUT2D eigenvalue weighted by Gasteiger charge is -2.16. The number of carbonyl (C=O) groups is 1. The Balaban J connectivity index is 2.75. The number of carbonyl (C=O) groups excluding carboxylic acids is 1. The van der Waals surface area contributed by atoms with E-state index in [4.69, 9.17) is 4.74 Å². The van der Waals surface area contributed by atoms with Crippen LogP contribution in [0.5, 0.6) is 5.75 Å². The summed E-state index contributed by atoms with van der Waals surface area (Å²) < 4.78 is 18.2. The second-order valence-corrected chi connectivity index (χ2v) is 3.91. The molecule has 0 bridgehead atoms. The van der Waals surface area contributed by atoms with Crippen molar-refractivity contribution in [2.75, 3.05) is 19.5 Å². The van der Waals surface area contributed by atoms with Gasteiger partial charge in [0.2, 0.25) is 5.91 Å². The Morgan fingerprint density at radius 2 is 2.25 bits per heavy atom. The van der Waals surface area contributed by atoms with Crippen molar-refractivity contribution in [1.82, 2.24) is 4.90 Å². The number of rotatable bonds is 4. The molecule has 3 nitrogen and oxygen atoms in total. The van der Waals surface area contributed by atoms with Crippen LogP contribution in [0, 0.1) is 5.82 Å². The molecule has 1 aromatic rings. The third-order valence-electron chi connectivity index (χ3n) is 2.18. The van der Waals surface area contributed by atoms with Gasteiger partial charge < -0.3 is 9.64 Å². The van der Waals surface area contributed by atoms with Crippen molar-refractivity contribution in [2.24, 2.45) is 0 Å². The van der Waals surface area contributed by atoms with E-state index in [1.54, 1.807) is 19.2 Å². The highest BCUT2D eigenvalue weighted by atomic mass is 79.9. The predicted molar refractivity (Wildman–Crippen MR) is 63.2 cm³/mol. The highest BCUT2D eigenvalue weighted by molar-refractivity contribution is 9.09. The van der Waals surface area contributed by atoms with Crippen LogP contribution in [0.2, 0.25) is 0 Å². The summed E-state index contributed by atoms with van der Waals surface area (Å²) in [6.45, 7) is 0.380. The summed E-state index contributed by atoms with van der Waals surface area (Å²) in [5.41, 5.74) is 0.732. The molecule has 0 unspecified atom stereocenters. The van der Waals surface area contributed by atoms with Crippen LogP contribution in [-0.4, -0.2) is 30.3 Å². The summed E-state index contributed by atoms with van der Waals surface area (Å²) in [7, 11) is 3.09. The van der Waals surface area contributed by atoms with Crippen LogP contribution in [0.3, 0.4) is 0 Å². The van der Waals surface area contributed by atoms with E-state index in [1.807, 2.05) is 0 Å². The fourth-order valence-electron chi connectivity index (χ4n) is 1.27. The average molecular weight is 290 g/mol. The number of benzene rings is 1. The Labute approximate surface area is 102 Å². The quantitative estimate of drug-likeness (QED) is 0.796. The Hall–Kier alpha value is -1.10. The zero-order valence-corrected chi connectivity index (χ0v) is 10.8. The van der Waals surface area contributed by atoms with E-state index in [9.17, 15) is 9.18 Å². The lowest BCUT2D eigenvalue weighted by atomic mass is 10.2. The molecule has 1 aromatic carbocycles. The summed E-state index contributed by atoms with van der Waals surface area (Å²) in [6.07, 6.45) is 0. The normalized spacial score (nSPS) is 10.0. The van der Waals surface area contributed by atoms with Gasteiger partial charge in [0, 0.05) is 13.6 Å². The molecule has 0 radical (unpaired) electrons. The van der Waals surface area contributed by atoms with Crippen LogP contribution in [-0.2, 0) is 11.3 Å². The van der Waals surface area contributed by atoms with Crippen molar-refractivity contribution in [3.63, 3.8) is 0 Å². The first kappa shape index (κ1) is 13.0. The molecule has 0 fully saturated rings. The summed E-state index contributed by atoms with van der Waals surface area (Å²) >= 11 is 3.08. The minimum atomic E-state index is -0.417. The molecular formula is C11H13BrFNO2. The molecule has 0 spiro atoms. The molecule has 0 saturated heterocycles. The Kier molecular flexibility index (Phi) is 4.73. The van der Waals surface area contributed by atoms with Gasteiger partial charge >= 0.3 is 0 Å². The number of nitrogens with zero attached hydrogens (tertiary/aromatic N) is 1. The van der Waals surface area contributed by atoms with Crippen molar-refractivity contribution in [3.8, 4) is 5.75 Å². The van der Waals surface area contributed by atoms with Gasteiger partial charge in [-0.3, -0.25) is 4.79 Å². The van der Waals surface area contributed by atoms with Gasteiger partial charge in [0.1, 0.15) is 0 Å². The second-order valence-electron chi connectivity index (χ2n) is 3.35. The van der Waals surface area contributed by atoms with Gasteiger partial charge in [-0.1, -0.05) is 22.0 Å². The number of hydrogen-bond donors (Lipinski definition) is 0. The molecule has 5 heteroatoms. The fourth-order valence-corrected chi connectivity index (χ4v) is 1.70. The fraction of sp³-hybridized carbons (Fsp3) is 0.364. The topological polar surface area (TPSA) is 29.5 Å². The van der Waals surface area contributed by atoms with E-state index < -0.39 is 5.82 Å². The monoisotopic (exact) mass is 289 g/mol. The lowest BCUT2D eigenvalue weighted by molar-refractivity contribution is -0.127. The zero-order chi connectivity index (χ0) is 12.1. The Morgan fingerprint density at radius 1 is 1.56 bits per heavy atom. The number of amides is 1. The van der Waals surface area contributed by atoms with E-state index in [-0.39, 0.29) is 17.0 Å². The molecule has 0 aliphatic heterocycles. The van der Waals surface area contributed by atoms with Crippen LogP contribution in [0.25, 0.3) is 0 Å². The minimum Gasteiger partial charge on any atom is -0.494 e. The van der Waals surface area contributed by atoms with Crippen molar-refractivity contribution in [1.29, 1.82) is 0 Å². The average Bonchev–Trinajstić information content (AvgIpc) is 2.28. The smallest absolute Gasteiger partial charge is 0.233 e. The third-order valence-corrected chi connectivity index (χ3v) is 2.66. The molecule has 0 aromatic heterocycles. The number of halogens is 2. The van der Waals surface area contributed by atoms with Crippen LogP contribution >= 0.6 is 15.9 Å². The largest absolute Gasteiger partial charge is 0.494 e. The summed E-state index contributed by atoms with van der Waals surface area (Å²) in [6, 6.07) is 4.66. The van der Waals surface area contributed by atoms with Gasteiger partial charge in [-0.2, -0.15) is 0 Å². The van der Waals surface area contributed by atoms with Crippen molar-refractivity contribution < 1.29 is 13.9 Å². The molecule has 1 amide bonds. The third kappa shape index (κ3) is 3.20. The van der Waals surface area contributed by atoms with Gasteiger partial charge in [-0.05, 0) is 17.7 Å². The van der Waals surface area contributed by atoms with Gasteiger partial charge in [-0.25, -0.2) is 4.39 Å². The molecule has 0 N–H and O–H groups in total. The van der Waals surface area contributed by atoms with E-state index in [0.29, 0.717) is 6.54 Å². The molecule has 0 aliphatic rings. The van der Waals surface area contributed by atoms with Gasteiger partial charge in [0.25, 0.3) is 0 Å². The molecule has 0 heterocycles. The standard InChI is InChI=1S/C11H13BrFNO2/c1-14(11(15)6-12)7-8-3-4-10(16-2)9(13)5-8/h3-5H,6-7H2,1-2H3.